The molecule has 3 N–H and O–H groups in total. The number of thiophene rings is 1. The standard InChI is InChI=1S/C26H26FN5O3S2/c1-2-28-25(35)31-26-30-22-21(27)18(13-17(23(22)37-26)19-5-3-4-10-29-19)20-7-6-16(36-20)14-32-11-8-15(9-12-32)24(33)34/h3-7,10,13,15H,2,8-9,11-12,14H2,1H3,(H,33,34)(H2,28,30,31,35). The lowest BCUT2D eigenvalue weighted by atomic mass is 9.97. The number of anilines is 1. The van der Waals surface area contributed by atoms with Gasteiger partial charge in [0.25, 0.3) is 0 Å². The maximum Gasteiger partial charge on any atom is 0.321 e. The molecule has 2 amide bonds. The van der Waals surface area contributed by atoms with Crippen molar-refractivity contribution in [3.05, 3.63) is 53.3 Å². The normalized spacial score (nSPS) is 14.6. The smallest absolute Gasteiger partial charge is 0.321 e. The van der Waals surface area contributed by atoms with Gasteiger partial charge in [0, 0.05) is 40.2 Å². The van der Waals surface area contributed by atoms with Gasteiger partial charge in [-0.25, -0.2) is 14.2 Å². The van der Waals surface area contributed by atoms with E-state index in [-0.39, 0.29) is 11.4 Å². The average Bonchev–Trinajstić information content (AvgIpc) is 3.53. The Labute approximate surface area is 221 Å². The third kappa shape index (κ3) is 5.48. The Morgan fingerprint density at radius 3 is 2.68 bits per heavy atom. The summed E-state index contributed by atoms with van der Waals surface area (Å²) in [5, 5.41) is 14.9. The van der Waals surface area contributed by atoms with Crippen molar-refractivity contribution in [2.45, 2.75) is 26.3 Å². The fourth-order valence-corrected chi connectivity index (χ4v) is 6.50. The fraction of sp³-hybridized carbons (Fsp3) is 0.308. The summed E-state index contributed by atoms with van der Waals surface area (Å²) in [4.78, 5) is 36.3. The lowest BCUT2D eigenvalue weighted by Crippen LogP contribution is -2.35. The van der Waals surface area contributed by atoms with Crippen LogP contribution in [0.2, 0.25) is 0 Å². The van der Waals surface area contributed by atoms with Gasteiger partial charge in [0.1, 0.15) is 5.52 Å². The molecule has 4 heterocycles. The van der Waals surface area contributed by atoms with Crippen molar-refractivity contribution in [2.24, 2.45) is 5.92 Å². The molecular weight excluding hydrogens is 513 g/mol. The Morgan fingerprint density at radius 1 is 1.16 bits per heavy atom. The number of halogens is 1. The van der Waals surface area contributed by atoms with E-state index in [1.54, 1.807) is 6.20 Å². The molecule has 1 fully saturated rings. The summed E-state index contributed by atoms with van der Waals surface area (Å²) in [6.07, 6.45) is 2.97. The predicted octanol–water partition coefficient (Wildman–Crippen LogP) is 5.66. The van der Waals surface area contributed by atoms with E-state index in [4.69, 9.17) is 0 Å². The number of nitrogens with zero attached hydrogens (tertiary/aromatic N) is 3. The SMILES string of the molecule is CCNC(=O)Nc1nc2c(F)c(-c3ccc(CN4CCC(C(=O)O)CC4)s3)cc(-c3ccccn3)c2s1. The number of carboxylic acids is 1. The minimum atomic E-state index is -0.723. The number of aliphatic carboxylic acids is 1. The number of hydrogen-bond donors (Lipinski definition) is 3. The Bertz CT molecular complexity index is 1430. The van der Waals surface area contributed by atoms with Gasteiger partial charge in [0.2, 0.25) is 0 Å². The van der Waals surface area contributed by atoms with Crippen molar-refractivity contribution in [3.8, 4) is 21.7 Å². The van der Waals surface area contributed by atoms with Gasteiger partial charge in [-0.05, 0) is 63.2 Å². The first-order valence-corrected chi connectivity index (χ1v) is 13.7. The number of likely N-dealkylation sites (tertiary alicyclic amines) is 1. The summed E-state index contributed by atoms with van der Waals surface area (Å²) in [5.41, 5.74) is 2.07. The van der Waals surface area contributed by atoms with Crippen LogP contribution in [0.25, 0.3) is 31.9 Å². The average molecular weight is 540 g/mol. The number of carbonyl (C=O) groups excluding carboxylic acids is 1. The second-order valence-electron chi connectivity index (χ2n) is 8.84. The van der Waals surface area contributed by atoms with Crippen LogP contribution in [0.15, 0.2) is 42.6 Å². The quantitative estimate of drug-likeness (QED) is 0.280. The molecule has 3 aromatic heterocycles. The number of pyridine rings is 1. The zero-order valence-corrected chi connectivity index (χ0v) is 21.8. The van der Waals surface area contributed by atoms with Gasteiger partial charge in [0.05, 0.1) is 16.3 Å². The van der Waals surface area contributed by atoms with E-state index in [0.29, 0.717) is 47.0 Å². The Balaban J connectivity index is 1.47. The van der Waals surface area contributed by atoms with Gasteiger partial charge in [-0.2, -0.15) is 0 Å². The molecular formula is C26H26FN5O3S2. The van der Waals surface area contributed by atoms with Crippen LogP contribution in [0.1, 0.15) is 24.6 Å². The number of carboxylic acid groups (broad SMARTS) is 1. The summed E-state index contributed by atoms with van der Waals surface area (Å²) < 4.78 is 16.5. The van der Waals surface area contributed by atoms with Crippen LogP contribution < -0.4 is 10.6 Å². The molecule has 0 aliphatic carbocycles. The molecule has 4 aromatic rings. The van der Waals surface area contributed by atoms with Crippen LogP contribution in [0.5, 0.6) is 0 Å². The summed E-state index contributed by atoms with van der Waals surface area (Å²) in [5.74, 6) is -1.43. The summed E-state index contributed by atoms with van der Waals surface area (Å²) >= 11 is 2.73. The first-order chi connectivity index (χ1) is 17.9. The van der Waals surface area contributed by atoms with Gasteiger partial charge in [0.15, 0.2) is 10.9 Å². The molecule has 192 valence electrons. The van der Waals surface area contributed by atoms with Gasteiger partial charge in [-0.15, -0.1) is 11.3 Å². The largest absolute Gasteiger partial charge is 0.481 e. The maximum atomic E-state index is 15.9. The zero-order valence-electron chi connectivity index (χ0n) is 20.2. The van der Waals surface area contributed by atoms with Gasteiger partial charge < -0.3 is 10.4 Å². The molecule has 1 aliphatic rings. The number of nitrogens with one attached hydrogen (secondary N) is 2. The molecule has 1 aliphatic heterocycles. The number of urea groups is 1. The lowest BCUT2D eigenvalue weighted by molar-refractivity contribution is -0.143. The molecule has 1 aromatic carbocycles. The number of hydrogen-bond acceptors (Lipinski definition) is 7. The molecule has 1 saturated heterocycles. The number of aromatic nitrogens is 2. The number of carbonyl (C=O) groups is 2. The molecule has 11 heteroatoms. The topological polar surface area (TPSA) is 107 Å². The summed E-state index contributed by atoms with van der Waals surface area (Å²) in [6, 6.07) is 10.9. The number of amides is 2. The predicted molar refractivity (Wildman–Crippen MR) is 144 cm³/mol. The molecule has 37 heavy (non-hydrogen) atoms. The third-order valence-corrected chi connectivity index (χ3v) is 8.45. The first-order valence-electron chi connectivity index (χ1n) is 12.1. The van der Waals surface area contributed by atoms with Crippen molar-refractivity contribution in [2.75, 3.05) is 25.0 Å². The molecule has 0 bridgehead atoms. The van der Waals surface area contributed by atoms with E-state index < -0.39 is 17.8 Å². The van der Waals surface area contributed by atoms with E-state index in [2.05, 4.69) is 25.5 Å². The molecule has 5 rings (SSSR count). The van der Waals surface area contributed by atoms with Crippen LogP contribution in [-0.2, 0) is 11.3 Å². The monoisotopic (exact) mass is 539 g/mol. The molecule has 8 nitrogen and oxygen atoms in total. The highest BCUT2D eigenvalue weighted by atomic mass is 32.1. The number of piperidine rings is 1. The van der Waals surface area contributed by atoms with Crippen LogP contribution in [-0.4, -0.2) is 51.6 Å². The van der Waals surface area contributed by atoms with E-state index in [1.807, 2.05) is 43.3 Å². The highest BCUT2D eigenvalue weighted by molar-refractivity contribution is 7.23. The van der Waals surface area contributed by atoms with Crippen LogP contribution in [0.3, 0.4) is 0 Å². The number of benzene rings is 1. The van der Waals surface area contributed by atoms with Crippen LogP contribution in [0, 0.1) is 11.7 Å². The van der Waals surface area contributed by atoms with E-state index >= 15 is 4.39 Å². The van der Waals surface area contributed by atoms with Crippen molar-refractivity contribution >= 4 is 50.0 Å². The second kappa shape index (κ2) is 10.9. The Hall–Kier alpha value is -3.41. The van der Waals surface area contributed by atoms with Crippen LogP contribution in [0.4, 0.5) is 14.3 Å². The molecule has 0 radical (unpaired) electrons. The van der Waals surface area contributed by atoms with Gasteiger partial charge >= 0.3 is 12.0 Å². The van der Waals surface area contributed by atoms with Crippen LogP contribution >= 0.6 is 22.7 Å². The lowest BCUT2D eigenvalue weighted by Gasteiger charge is -2.29. The van der Waals surface area contributed by atoms with E-state index in [9.17, 15) is 14.7 Å². The zero-order chi connectivity index (χ0) is 25.9. The molecule has 0 saturated carbocycles. The van der Waals surface area contributed by atoms with E-state index in [1.165, 1.54) is 22.7 Å². The maximum absolute atomic E-state index is 15.9. The van der Waals surface area contributed by atoms with Crippen molar-refractivity contribution in [3.63, 3.8) is 0 Å². The minimum Gasteiger partial charge on any atom is -0.481 e. The minimum absolute atomic E-state index is 0.195. The van der Waals surface area contributed by atoms with Gasteiger partial charge in [-0.3, -0.25) is 20.0 Å². The van der Waals surface area contributed by atoms with Crippen molar-refractivity contribution < 1.29 is 19.1 Å². The summed E-state index contributed by atoms with van der Waals surface area (Å²) in [7, 11) is 0. The summed E-state index contributed by atoms with van der Waals surface area (Å²) in [6.45, 7) is 4.44. The Morgan fingerprint density at radius 2 is 1.97 bits per heavy atom. The van der Waals surface area contributed by atoms with E-state index in [0.717, 1.165) is 28.4 Å². The molecule has 0 unspecified atom stereocenters. The van der Waals surface area contributed by atoms with Crippen molar-refractivity contribution in [1.82, 2.24) is 20.2 Å². The number of rotatable bonds is 7. The molecule has 0 atom stereocenters. The fourth-order valence-electron chi connectivity index (χ4n) is 4.47. The number of thiazole rings is 1. The highest BCUT2D eigenvalue weighted by Crippen LogP contribution is 2.42. The van der Waals surface area contributed by atoms with Crippen molar-refractivity contribution in [1.29, 1.82) is 0 Å². The Kier molecular flexibility index (Phi) is 7.45. The van der Waals surface area contributed by atoms with Gasteiger partial charge in [-0.1, -0.05) is 17.4 Å². The molecule has 0 spiro atoms. The number of fused-ring (bicyclic) bond motifs is 1. The second-order valence-corrected chi connectivity index (χ2v) is 11.0. The first kappa shape index (κ1) is 25.2. The highest BCUT2D eigenvalue weighted by Gasteiger charge is 2.25. The third-order valence-electron chi connectivity index (χ3n) is 6.35.